The fraction of sp³-hybridized carbons (Fsp3) is 0.643. The number of alkyl halides is 1. The molecule has 2 heterocycles. The molecule has 0 aromatic carbocycles. The number of likely N-dealkylation sites (tertiary alicyclic amines) is 1. The Morgan fingerprint density at radius 2 is 2.39 bits per heavy atom. The van der Waals surface area contributed by atoms with Crippen LogP contribution in [0.2, 0.25) is 0 Å². The van der Waals surface area contributed by atoms with Crippen molar-refractivity contribution in [3.8, 4) is 0 Å². The van der Waals surface area contributed by atoms with E-state index in [0.717, 1.165) is 42.4 Å². The Kier molecular flexibility index (Phi) is 5.25. The minimum absolute atomic E-state index is 0.257. The van der Waals surface area contributed by atoms with Crippen molar-refractivity contribution in [2.24, 2.45) is 0 Å². The van der Waals surface area contributed by atoms with Crippen molar-refractivity contribution in [2.45, 2.75) is 45.1 Å². The van der Waals surface area contributed by atoms with Gasteiger partial charge in [-0.05, 0) is 49.1 Å². The number of carbonyl (C=O) groups is 1. The van der Waals surface area contributed by atoms with E-state index in [1.807, 2.05) is 5.38 Å². The highest BCUT2D eigenvalue weighted by molar-refractivity contribution is 9.09. The second-order valence-corrected chi connectivity index (χ2v) is 6.46. The second kappa shape index (κ2) is 6.71. The molecular formula is C14H20BrNOS. The van der Waals surface area contributed by atoms with Crippen molar-refractivity contribution >= 4 is 33.2 Å². The normalized spacial score (nSPS) is 20.1. The quantitative estimate of drug-likeness (QED) is 0.762. The van der Waals surface area contributed by atoms with Crippen LogP contribution in [-0.4, -0.2) is 28.7 Å². The molecule has 0 saturated carbocycles. The Morgan fingerprint density at radius 3 is 3.11 bits per heavy atom. The Labute approximate surface area is 122 Å². The lowest BCUT2D eigenvalue weighted by Crippen LogP contribution is -2.43. The molecule has 1 fully saturated rings. The summed E-state index contributed by atoms with van der Waals surface area (Å²) in [5.41, 5.74) is 1.20. The molecule has 1 amide bonds. The predicted molar refractivity (Wildman–Crippen MR) is 80.8 cm³/mol. The summed E-state index contributed by atoms with van der Waals surface area (Å²) in [6.45, 7) is 3.04. The van der Waals surface area contributed by atoms with Crippen molar-refractivity contribution in [1.29, 1.82) is 0 Å². The van der Waals surface area contributed by atoms with Crippen molar-refractivity contribution in [1.82, 2.24) is 4.90 Å². The fourth-order valence-electron chi connectivity index (χ4n) is 2.63. The number of piperidine rings is 1. The molecule has 0 bridgehead atoms. The Balaban J connectivity index is 2.15. The first-order chi connectivity index (χ1) is 8.77. The maximum Gasteiger partial charge on any atom is 0.264 e. The van der Waals surface area contributed by atoms with E-state index in [1.54, 1.807) is 11.3 Å². The molecule has 1 atom stereocenters. The molecule has 2 nitrogen and oxygen atoms in total. The highest BCUT2D eigenvalue weighted by atomic mass is 79.9. The zero-order valence-electron chi connectivity index (χ0n) is 10.8. The molecule has 100 valence electrons. The third-order valence-corrected chi connectivity index (χ3v) is 5.05. The molecule has 18 heavy (non-hydrogen) atoms. The molecule has 0 aliphatic carbocycles. The lowest BCUT2D eigenvalue weighted by Gasteiger charge is -2.35. The van der Waals surface area contributed by atoms with Gasteiger partial charge in [0, 0.05) is 17.9 Å². The van der Waals surface area contributed by atoms with Gasteiger partial charge >= 0.3 is 0 Å². The van der Waals surface area contributed by atoms with Crippen LogP contribution in [0.25, 0.3) is 0 Å². The van der Waals surface area contributed by atoms with Gasteiger partial charge in [0.05, 0.1) is 4.88 Å². The molecule has 0 N–H and O–H groups in total. The molecule has 1 aliphatic heterocycles. The van der Waals surface area contributed by atoms with Gasteiger partial charge in [-0.1, -0.05) is 22.9 Å². The summed E-state index contributed by atoms with van der Waals surface area (Å²) in [4.78, 5) is 15.7. The summed E-state index contributed by atoms with van der Waals surface area (Å²) in [5.74, 6) is 0.257. The van der Waals surface area contributed by atoms with Gasteiger partial charge in [-0.3, -0.25) is 4.79 Å². The molecule has 1 saturated heterocycles. The number of hydrogen-bond acceptors (Lipinski definition) is 2. The number of rotatable bonds is 4. The molecule has 2 rings (SSSR count). The highest BCUT2D eigenvalue weighted by Crippen LogP contribution is 2.26. The summed E-state index contributed by atoms with van der Waals surface area (Å²) in [5, 5.41) is 3.02. The van der Waals surface area contributed by atoms with E-state index in [4.69, 9.17) is 0 Å². The number of carbonyl (C=O) groups excluding carboxylic acids is 1. The van der Waals surface area contributed by atoms with Crippen molar-refractivity contribution < 1.29 is 4.79 Å². The SMILES string of the molecule is CCc1ccsc1C(=O)N1CCCCC1CCBr. The van der Waals surface area contributed by atoms with Gasteiger partial charge < -0.3 is 4.90 Å². The first-order valence-electron chi connectivity index (χ1n) is 6.71. The van der Waals surface area contributed by atoms with E-state index in [2.05, 4.69) is 33.8 Å². The number of halogens is 1. The second-order valence-electron chi connectivity index (χ2n) is 4.75. The Hall–Kier alpha value is -0.350. The Bertz CT molecular complexity index is 402. The van der Waals surface area contributed by atoms with Crippen LogP contribution < -0.4 is 0 Å². The van der Waals surface area contributed by atoms with Gasteiger partial charge in [-0.2, -0.15) is 0 Å². The van der Waals surface area contributed by atoms with Gasteiger partial charge in [-0.25, -0.2) is 0 Å². The van der Waals surface area contributed by atoms with Crippen LogP contribution in [0.3, 0.4) is 0 Å². The van der Waals surface area contributed by atoms with E-state index in [0.29, 0.717) is 6.04 Å². The van der Waals surface area contributed by atoms with Crippen LogP contribution in [0.5, 0.6) is 0 Å². The summed E-state index contributed by atoms with van der Waals surface area (Å²) in [6.07, 6.45) is 5.58. The molecule has 1 aromatic heterocycles. The smallest absolute Gasteiger partial charge is 0.264 e. The topological polar surface area (TPSA) is 20.3 Å². The zero-order chi connectivity index (χ0) is 13.0. The predicted octanol–water partition coefficient (Wildman–Crippen LogP) is 4.09. The third-order valence-electron chi connectivity index (χ3n) is 3.65. The van der Waals surface area contributed by atoms with E-state index in [1.165, 1.54) is 12.0 Å². The standard InChI is InChI=1S/C14H20BrNOS/c1-2-11-7-10-18-13(11)14(17)16-9-4-3-5-12(16)6-8-15/h7,10,12H,2-6,8-9H2,1H3. The molecule has 1 aliphatic rings. The van der Waals surface area contributed by atoms with E-state index in [-0.39, 0.29) is 5.91 Å². The summed E-state index contributed by atoms with van der Waals surface area (Å²) in [7, 11) is 0. The number of hydrogen-bond donors (Lipinski definition) is 0. The van der Waals surface area contributed by atoms with Crippen molar-refractivity contribution in [3.05, 3.63) is 21.9 Å². The number of thiophene rings is 1. The molecule has 1 unspecified atom stereocenters. The van der Waals surface area contributed by atoms with Gasteiger partial charge in [0.15, 0.2) is 0 Å². The van der Waals surface area contributed by atoms with Gasteiger partial charge in [-0.15, -0.1) is 11.3 Å². The molecule has 1 aromatic rings. The Morgan fingerprint density at radius 1 is 1.56 bits per heavy atom. The summed E-state index contributed by atoms with van der Waals surface area (Å²) >= 11 is 5.10. The van der Waals surface area contributed by atoms with Crippen LogP contribution in [-0.2, 0) is 6.42 Å². The first kappa shape index (κ1) is 14.1. The first-order valence-corrected chi connectivity index (χ1v) is 8.71. The maximum absolute atomic E-state index is 12.6. The number of aryl methyl sites for hydroxylation is 1. The van der Waals surface area contributed by atoms with Gasteiger partial charge in [0.25, 0.3) is 5.91 Å². The van der Waals surface area contributed by atoms with Gasteiger partial charge in [0.2, 0.25) is 0 Å². The maximum atomic E-state index is 12.6. The molecule has 4 heteroatoms. The molecule has 0 spiro atoms. The van der Waals surface area contributed by atoms with Crippen LogP contribution in [0, 0.1) is 0 Å². The third kappa shape index (κ3) is 2.97. The van der Waals surface area contributed by atoms with E-state index >= 15 is 0 Å². The lowest BCUT2D eigenvalue weighted by atomic mass is 9.99. The monoisotopic (exact) mass is 329 g/mol. The average molecular weight is 330 g/mol. The number of nitrogens with zero attached hydrogens (tertiary/aromatic N) is 1. The summed E-state index contributed by atoms with van der Waals surface area (Å²) < 4.78 is 0. The van der Waals surface area contributed by atoms with Crippen molar-refractivity contribution in [3.63, 3.8) is 0 Å². The van der Waals surface area contributed by atoms with Crippen LogP contribution in [0.4, 0.5) is 0 Å². The van der Waals surface area contributed by atoms with Crippen LogP contribution in [0.1, 0.15) is 47.8 Å². The zero-order valence-corrected chi connectivity index (χ0v) is 13.2. The van der Waals surface area contributed by atoms with E-state index in [9.17, 15) is 4.79 Å². The van der Waals surface area contributed by atoms with Gasteiger partial charge in [0.1, 0.15) is 0 Å². The highest BCUT2D eigenvalue weighted by Gasteiger charge is 2.28. The number of amides is 1. The lowest BCUT2D eigenvalue weighted by molar-refractivity contribution is 0.0614. The van der Waals surface area contributed by atoms with Crippen molar-refractivity contribution in [2.75, 3.05) is 11.9 Å². The van der Waals surface area contributed by atoms with Crippen LogP contribution >= 0.6 is 27.3 Å². The molecular weight excluding hydrogens is 310 g/mol. The largest absolute Gasteiger partial charge is 0.335 e. The van der Waals surface area contributed by atoms with Crippen LogP contribution in [0.15, 0.2) is 11.4 Å². The average Bonchev–Trinajstić information content (AvgIpc) is 2.87. The summed E-state index contributed by atoms with van der Waals surface area (Å²) in [6, 6.07) is 2.51. The molecule has 0 radical (unpaired) electrons. The fourth-order valence-corrected chi connectivity index (χ4v) is 4.10. The van der Waals surface area contributed by atoms with E-state index < -0.39 is 0 Å². The minimum atomic E-state index is 0.257. The minimum Gasteiger partial charge on any atom is -0.335 e.